The summed E-state index contributed by atoms with van der Waals surface area (Å²) in [6.07, 6.45) is 1.33. The summed E-state index contributed by atoms with van der Waals surface area (Å²) in [5.41, 5.74) is 3.98. The standard InChI is InChI=1S/C24H28N4O3/c1-16-11-23(26-15-25-16)27-22-13-19(9-10-20(22)14-31-3)24(30)28-21(17(2)29)12-18-7-5-4-6-8-18/h4-11,13,15,17,21,29H,12,14H2,1-3H3,(H,28,30)(H,25,26,27)/t17-,21+/m1/s1. The van der Waals surface area contributed by atoms with Gasteiger partial charge in [0.05, 0.1) is 18.8 Å². The SMILES string of the molecule is COCc1ccc(C(=O)N[C@@H](Cc2ccccc2)[C@@H](C)O)cc1Nc1cc(C)ncn1. The van der Waals surface area contributed by atoms with Crippen molar-refractivity contribution in [3.63, 3.8) is 0 Å². The smallest absolute Gasteiger partial charge is 0.251 e. The van der Waals surface area contributed by atoms with Crippen LogP contribution in [0, 0.1) is 6.92 Å². The maximum Gasteiger partial charge on any atom is 0.251 e. The average molecular weight is 421 g/mol. The molecule has 0 fully saturated rings. The molecular weight excluding hydrogens is 392 g/mol. The first-order valence-electron chi connectivity index (χ1n) is 10.2. The zero-order valence-electron chi connectivity index (χ0n) is 18.0. The Morgan fingerprint density at radius 2 is 1.90 bits per heavy atom. The molecule has 7 heteroatoms. The minimum atomic E-state index is -0.696. The molecule has 0 aliphatic rings. The lowest BCUT2D eigenvalue weighted by Crippen LogP contribution is -2.43. The Kier molecular flexibility index (Phi) is 7.70. The van der Waals surface area contributed by atoms with Gasteiger partial charge in [0, 0.05) is 35.7 Å². The van der Waals surface area contributed by atoms with Crippen LogP contribution in [0.25, 0.3) is 0 Å². The molecule has 2 atom stereocenters. The van der Waals surface area contributed by atoms with Gasteiger partial charge in [-0.3, -0.25) is 4.79 Å². The highest BCUT2D eigenvalue weighted by atomic mass is 16.5. The fourth-order valence-corrected chi connectivity index (χ4v) is 3.24. The third kappa shape index (κ3) is 6.34. The summed E-state index contributed by atoms with van der Waals surface area (Å²) in [6.45, 7) is 3.95. The van der Waals surface area contributed by atoms with Crippen LogP contribution in [0.3, 0.4) is 0 Å². The molecule has 2 aromatic carbocycles. The summed E-state index contributed by atoms with van der Waals surface area (Å²) in [5, 5.41) is 16.4. The van der Waals surface area contributed by atoms with E-state index >= 15 is 0 Å². The van der Waals surface area contributed by atoms with Crippen LogP contribution in [-0.4, -0.2) is 40.2 Å². The second-order valence-electron chi connectivity index (χ2n) is 7.48. The number of rotatable bonds is 9. The van der Waals surface area contributed by atoms with Crippen LogP contribution in [-0.2, 0) is 17.8 Å². The summed E-state index contributed by atoms with van der Waals surface area (Å²) in [6, 6.07) is 16.6. The molecule has 31 heavy (non-hydrogen) atoms. The lowest BCUT2D eigenvalue weighted by molar-refractivity contribution is 0.0859. The number of benzene rings is 2. The van der Waals surface area contributed by atoms with E-state index in [-0.39, 0.29) is 5.91 Å². The quantitative estimate of drug-likeness (QED) is 0.491. The number of nitrogens with one attached hydrogen (secondary N) is 2. The van der Waals surface area contributed by atoms with Gasteiger partial charge in [0.15, 0.2) is 0 Å². The van der Waals surface area contributed by atoms with Crippen molar-refractivity contribution in [3.8, 4) is 0 Å². The van der Waals surface area contributed by atoms with Gasteiger partial charge in [-0.1, -0.05) is 36.4 Å². The number of hydrogen-bond acceptors (Lipinski definition) is 6. The van der Waals surface area contributed by atoms with Crippen LogP contribution in [0.4, 0.5) is 11.5 Å². The predicted octanol–water partition coefficient (Wildman–Crippen LogP) is 3.40. The van der Waals surface area contributed by atoms with Gasteiger partial charge in [-0.2, -0.15) is 0 Å². The molecule has 7 nitrogen and oxygen atoms in total. The number of methoxy groups -OCH3 is 1. The number of aliphatic hydroxyl groups is 1. The van der Waals surface area contributed by atoms with Crippen molar-refractivity contribution in [1.29, 1.82) is 0 Å². The Morgan fingerprint density at radius 1 is 1.13 bits per heavy atom. The maximum absolute atomic E-state index is 13.0. The van der Waals surface area contributed by atoms with Gasteiger partial charge in [0.25, 0.3) is 5.91 Å². The number of anilines is 2. The highest BCUT2D eigenvalue weighted by Gasteiger charge is 2.20. The monoisotopic (exact) mass is 420 g/mol. The first-order valence-corrected chi connectivity index (χ1v) is 10.2. The number of amides is 1. The molecule has 1 aromatic heterocycles. The van der Waals surface area contributed by atoms with Crippen LogP contribution in [0.15, 0.2) is 60.9 Å². The molecule has 0 aliphatic carbocycles. The molecule has 3 rings (SSSR count). The summed E-state index contributed by atoms with van der Waals surface area (Å²) >= 11 is 0. The number of aromatic nitrogens is 2. The van der Waals surface area contributed by atoms with E-state index in [2.05, 4.69) is 20.6 Å². The van der Waals surface area contributed by atoms with E-state index in [0.717, 1.165) is 22.5 Å². The van der Waals surface area contributed by atoms with Crippen LogP contribution < -0.4 is 10.6 Å². The highest BCUT2D eigenvalue weighted by molar-refractivity contribution is 5.95. The molecule has 1 amide bonds. The topological polar surface area (TPSA) is 96.4 Å². The summed E-state index contributed by atoms with van der Waals surface area (Å²) in [5.74, 6) is 0.376. The van der Waals surface area contributed by atoms with Crippen molar-refractivity contribution in [2.24, 2.45) is 0 Å². The zero-order valence-corrected chi connectivity index (χ0v) is 18.0. The summed E-state index contributed by atoms with van der Waals surface area (Å²) in [7, 11) is 1.62. The molecule has 162 valence electrons. The Bertz CT molecular complexity index is 1010. The normalized spacial score (nSPS) is 12.8. The van der Waals surface area contributed by atoms with E-state index in [1.54, 1.807) is 26.2 Å². The Hall–Kier alpha value is -3.29. The van der Waals surface area contributed by atoms with Crippen molar-refractivity contribution in [2.45, 2.75) is 39.0 Å². The van der Waals surface area contributed by atoms with Gasteiger partial charge in [-0.05, 0) is 38.0 Å². The number of carbonyl (C=O) groups excluding carboxylic acids is 1. The number of hydrogen-bond donors (Lipinski definition) is 3. The van der Waals surface area contributed by atoms with Crippen molar-refractivity contribution >= 4 is 17.4 Å². The van der Waals surface area contributed by atoms with E-state index in [0.29, 0.717) is 24.4 Å². The Morgan fingerprint density at radius 3 is 2.58 bits per heavy atom. The second kappa shape index (κ2) is 10.7. The molecular formula is C24H28N4O3. The maximum atomic E-state index is 13.0. The minimum absolute atomic E-state index is 0.257. The van der Waals surface area contributed by atoms with Crippen LogP contribution in [0.2, 0.25) is 0 Å². The molecule has 0 radical (unpaired) electrons. The molecule has 0 saturated heterocycles. The Labute approximate surface area is 182 Å². The molecule has 0 saturated carbocycles. The number of aryl methyl sites for hydroxylation is 1. The fraction of sp³-hybridized carbons (Fsp3) is 0.292. The van der Waals surface area contributed by atoms with E-state index in [9.17, 15) is 9.90 Å². The fourth-order valence-electron chi connectivity index (χ4n) is 3.24. The average Bonchev–Trinajstić information content (AvgIpc) is 2.75. The third-order valence-electron chi connectivity index (χ3n) is 4.94. The van der Waals surface area contributed by atoms with Gasteiger partial charge in [-0.15, -0.1) is 0 Å². The minimum Gasteiger partial charge on any atom is -0.391 e. The number of aliphatic hydroxyl groups excluding tert-OH is 1. The third-order valence-corrected chi connectivity index (χ3v) is 4.94. The number of ether oxygens (including phenoxy) is 1. The van der Waals surface area contributed by atoms with E-state index in [4.69, 9.17) is 4.74 Å². The van der Waals surface area contributed by atoms with Gasteiger partial charge in [0.2, 0.25) is 0 Å². The molecule has 3 aromatic rings. The Balaban J connectivity index is 1.80. The second-order valence-corrected chi connectivity index (χ2v) is 7.48. The summed E-state index contributed by atoms with van der Waals surface area (Å²) in [4.78, 5) is 21.3. The molecule has 0 aliphatic heterocycles. The first-order chi connectivity index (χ1) is 15.0. The lowest BCUT2D eigenvalue weighted by atomic mass is 10.0. The largest absolute Gasteiger partial charge is 0.391 e. The van der Waals surface area contributed by atoms with Crippen molar-refractivity contribution in [2.75, 3.05) is 12.4 Å². The van der Waals surface area contributed by atoms with Gasteiger partial charge in [-0.25, -0.2) is 9.97 Å². The van der Waals surface area contributed by atoms with Crippen molar-refractivity contribution in [1.82, 2.24) is 15.3 Å². The van der Waals surface area contributed by atoms with Crippen molar-refractivity contribution < 1.29 is 14.6 Å². The molecule has 0 bridgehead atoms. The van der Waals surface area contributed by atoms with Gasteiger partial charge >= 0.3 is 0 Å². The number of carbonyl (C=O) groups is 1. The molecule has 0 unspecified atom stereocenters. The van der Waals surface area contributed by atoms with Crippen LogP contribution >= 0.6 is 0 Å². The molecule has 3 N–H and O–H groups in total. The van der Waals surface area contributed by atoms with Gasteiger partial charge in [0.1, 0.15) is 12.1 Å². The first kappa shape index (κ1) is 22.4. The van der Waals surface area contributed by atoms with E-state index < -0.39 is 12.1 Å². The van der Waals surface area contributed by atoms with E-state index in [1.807, 2.05) is 49.4 Å². The van der Waals surface area contributed by atoms with Crippen LogP contribution in [0.5, 0.6) is 0 Å². The molecule has 0 spiro atoms. The lowest BCUT2D eigenvalue weighted by Gasteiger charge is -2.22. The summed E-state index contributed by atoms with van der Waals surface area (Å²) < 4.78 is 5.29. The van der Waals surface area contributed by atoms with E-state index in [1.165, 1.54) is 6.33 Å². The number of nitrogens with zero attached hydrogens (tertiary/aromatic N) is 2. The van der Waals surface area contributed by atoms with Gasteiger partial charge < -0.3 is 20.5 Å². The zero-order chi connectivity index (χ0) is 22.2. The molecule has 1 heterocycles. The van der Waals surface area contributed by atoms with Crippen LogP contribution in [0.1, 0.15) is 34.1 Å². The van der Waals surface area contributed by atoms with Crippen molar-refractivity contribution in [3.05, 3.63) is 83.3 Å². The predicted molar refractivity (Wildman–Crippen MR) is 120 cm³/mol. The highest BCUT2D eigenvalue weighted by Crippen LogP contribution is 2.23.